The number of hydrazone groups is 1. The number of hydrogen-bond donors (Lipinski definition) is 1. The minimum Gasteiger partial charge on any atom is -0.497 e. The summed E-state index contributed by atoms with van der Waals surface area (Å²) in [7, 11) is 1.58. The number of anilines is 1. The summed E-state index contributed by atoms with van der Waals surface area (Å²) in [5.41, 5.74) is 5.03. The van der Waals surface area contributed by atoms with E-state index in [-0.39, 0.29) is 17.6 Å². The van der Waals surface area contributed by atoms with E-state index in [1.54, 1.807) is 19.2 Å². The van der Waals surface area contributed by atoms with E-state index in [4.69, 9.17) is 16.3 Å². The van der Waals surface area contributed by atoms with Crippen molar-refractivity contribution < 1.29 is 14.3 Å². The number of nitrogens with zero attached hydrogens (tertiary/aromatic N) is 3. The second-order valence-electron chi connectivity index (χ2n) is 7.29. The zero-order valence-corrected chi connectivity index (χ0v) is 17.8. The average Bonchev–Trinajstić information content (AvgIpc) is 3.07. The maximum Gasteiger partial charge on any atom is 0.260 e. The first-order valence-electron chi connectivity index (χ1n) is 9.85. The number of ether oxygens (including phenoxy) is 1. The number of hydrogen-bond acceptors (Lipinski definition) is 5. The minimum absolute atomic E-state index is 0.145. The number of carbonyl (C=O) groups is 2. The molecule has 2 heterocycles. The monoisotopic (exact) mass is 444 g/mol. The van der Waals surface area contributed by atoms with Gasteiger partial charge >= 0.3 is 0 Å². The Balaban J connectivity index is 1.31. The summed E-state index contributed by atoms with van der Waals surface area (Å²) in [6.45, 7) is -0.145. The molecule has 0 bridgehead atoms. The summed E-state index contributed by atoms with van der Waals surface area (Å²) < 4.78 is 5.20. The second kappa shape index (κ2) is 7.94. The number of rotatable bonds is 5. The molecule has 0 saturated carbocycles. The van der Waals surface area contributed by atoms with Crippen molar-refractivity contribution in [2.24, 2.45) is 5.10 Å². The summed E-state index contributed by atoms with van der Waals surface area (Å²) in [6, 6.07) is 18.5. The zero-order chi connectivity index (χ0) is 22.2. The molecule has 4 aromatic rings. The van der Waals surface area contributed by atoms with E-state index < -0.39 is 5.91 Å². The fourth-order valence-corrected chi connectivity index (χ4v) is 4.04. The molecule has 8 heteroatoms. The van der Waals surface area contributed by atoms with Crippen LogP contribution in [0.1, 0.15) is 15.9 Å². The van der Waals surface area contributed by atoms with Crippen molar-refractivity contribution in [3.8, 4) is 5.75 Å². The highest BCUT2D eigenvalue weighted by Gasteiger charge is 2.30. The lowest BCUT2D eigenvalue weighted by atomic mass is 10.1. The van der Waals surface area contributed by atoms with Gasteiger partial charge in [0.2, 0.25) is 0 Å². The number of benzene rings is 3. The zero-order valence-electron chi connectivity index (χ0n) is 17.0. The van der Waals surface area contributed by atoms with Gasteiger partial charge in [-0.05, 0) is 35.7 Å². The topological polar surface area (TPSA) is 83.9 Å². The van der Waals surface area contributed by atoms with E-state index in [2.05, 4.69) is 15.5 Å². The van der Waals surface area contributed by atoms with E-state index in [1.807, 2.05) is 48.5 Å². The van der Waals surface area contributed by atoms with Crippen LogP contribution in [0.2, 0.25) is 5.15 Å². The number of methoxy groups -OCH3 is 1. The molecule has 0 fully saturated rings. The summed E-state index contributed by atoms with van der Waals surface area (Å²) in [5.74, 6) is 0.0613. The lowest BCUT2D eigenvalue weighted by molar-refractivity contribution is -0.119. The van der Waals surface area contributed by atoms with Crippen LogP contribution in [-0.2, 0) is 4.79 Å². The van der Waals surface area contributed by atoms with Crippen molar-refractivity contribution in [3.63, 3.8) is 0 Å². The van der Waals surface area contributed by atoms with Gasteiger partial charge in [0.1, 0.15) is 17.4 Å². The van der Waals surface area contributed by atoms with Crippen molar-refractivity contribution in [2.45, 2.75) is 0 Å². The van der Waals surface area contributed by atoms with E-state index in [1.165, 1.54) is 11.1 Å². The van der Waals surface area contributed by atoms with Gasteiger partial charge in [-0.15, -0.1) is 0 Å². The average molecular weight is 445 g/mol. The van der Waals surface area contributed by atoms with Crippen molar-refractivity contribution in [3.05, 3.63) is 76.9 Å². The summed E-state index contributed by atoms with van der Waals surface area (Å²) in [6.07, 6.45) is 1.43. The molecule has 7 nitrogen and oxygen atoms in total. The Morgan fingerprint density at radius 2 is 1.97 bits per heavy atom. The number of nitrogens with one attached hydrogen (secondary N) is 1. The molecule has 1 aromatic heterocycles. The molecular formula is C24H17ClN4O3. The number of amides is 2. The number of carbonyl (C=O) groups excluding carboxylic acids is 2. The lowest BCUT2D eigenvalue weighted by Crippen LogP contribution is -2.37. The first kappa shape index (κ1) is 20.0. The molecule has 0 radical (unpaired) electrons. The first-order chi connectivity index (χ1) is 15.5. The molecule has 0 unspecified atom stereocenters. The molecule has 1 N–H and O–H groups in total. The predicted octanol–water partition coefficient (Wildman–Crippen LogP) is 4.16. The van der Waals surface area contributed by atoms with Gasteiger partial charge in [-0.1, -0.05) is 35.9 Å². The molecular weight excluding hydrogens is 428 g/mol. The van der Waals surface area contributed by atoms with E-state index in [9.17, 15) is 9.59 Å². The van der Waals surface area contributed by atoms with Crippen molar-refractivity contribution in [1.29, 1.82) is 0 Å². The standard InChI is InChI=1S/C24H17ClN4O3/c1-32-17-9-8-15-10-16(23(25)27-19(15)11-17)12-26-28-21(30)13-29-20-7-3-5-14-4-2-6-18(22(14)20)24(29)31/h2-12H,13H2,1H3,(H,28,30)/b26-12+. The normalized spacial score (nSPS) is 12.8. The third-order valence-corrected chi connectivity index (χ3v) is 5.65. The number of fused-ring (bicyclic) bond motifs is 1. The number of aromatic nitrogens is 1. The highest BCUT2D eigenvalue weighted by atomic mass is 35.5. The summed E-state index contributed by atoms with van der Waals surface area (Å²) >= 11 is 6.26. The van der Waals surface area contributed by atoms with Gasteiger partial charge in [-0.3, -0.25) is 14.5 Å². The van der Waals surface area contributed by atoms with E-state index in [0.717, 1.165) is 21.8 Å². The molecule has 1 aliphatic heterocycles. The smallest absolute Gasteiger partial charge is 0.260 e. The fraction of sp³-hybridized carbons (Fsp3) is 0.0833. The predicted molar refractivity (Wildman–Crippen MR) is 125 cm³/mol. The lowest BCUT2D eigenvalue weighted by Gasteiger charge is -2.16. The molecule has 3 aromatic carbocycles. The highest BCUT2D eigenvalue weighted by molar-refractivity contribution is 6.32. The molecule has 158 valence electrons. The highest BCUT2D eigenvalue weighted by Crippen LogP contribution is 2.36. The van der Waals surface area contributed by atoms with Gasteiger partial charge in [0.25, 0.3) is 11.8 Å². The third kappa shape index (κ3) is 3.42. The van der Waals surface area contributed by atoms with E-state index >= 15 is 0 Å². The third-order valence-electron chi connectivity index (χ3n) is 5.35. The SMILES string of the molecule is COc1ccc2cc(/C=N/NC(=O)CN3C(=O)c4cccc5cccc3c45)c(Cl)nc2c1. The van der Waals surface area contributed by atoms with Crippen LogP contribution in [-0.4, -0.2) is 36.7 Å². The number of pyridine rings is 1. The number of halogens is 1. The first-order valence-corrected chi connectivity index (χ1v) is 10.2. The van der Waals surface area contributed by atoms with Crippen LogP contribution in [0.4, 0.5) is 5.69 Å². The molecule has 1 aliphatic rings. The van der Waals surface area contributed by atoms with Crippen molar-refractivity contribution in [1.82, 2.24) is 10.4 Å². The minimum atomic E-state index is -0.422. The molecule has 0 spiro atoms. The molecule has 32 heavy (non-hydrogen) atoms. The molecule has 0 saturated heterocycles. The Morgan fingerprint density at radius 1 is 1.16 bits per heavy atom. The van der Waals surface area contributed by atoms with Crippen molar-refractivity contribution in [2.75, 3.05) is 18.6 Å². The molecule has 5 rings (SSSR count). The van der Waals surface area contributed by atoms with Gasteiger partial charge in [0.05, 0.1) is 24.5 Å². The van der Waals surface area contributed by atoms with Crippen LogP contribution in [0, 0.1) is 0 Å². The van der Waals surface area contributed by atoms with Crippen LogP contribution >= 0.6 is 11.6 Å². The van der Waals surface area contributed by atoms with Crippen LogP contribution in [0.25, 0.3) is 21.7 Å². The summed E-state index contributed by atoms with van der Waals surface area (Å²) in [4.78, 5) is 31.1. The molecule has 0 atom stereocenters. The molecule has 2 amide bonds. The Morgan fingerprint density at radius 3 is 2.78 bits per heavy atom. The van der Waals surface area contributed by atoms with Gasteiger partial charge < -0.3 is 4.74 Å². The Labute approximate surface area is 188 Å². The van der Waals surface area contributed by atoms with Crippen LogP contribution in [0.3, 0.4) is 0 Å². The van der Waals surface area contributed by atoms with Crippen LogP contribution in [0.5, 0.6) is 5.75 Å². The van der Waals surface area contributed by atoms with Crippen LogP contribution in [0.15, 0.2) is 65.8 Å². The second-order valence-corrected chi connectivity index (χ2v) is 7.65. The maximum atomic E-state index is 12.8. The van der Waals surface area contributed by atoms with Crippen LogP contribution < -0.4 is 15.1 Å². The van der Waals surface area contributed by atoms with Gasteiger partial charge in [0, 0.05) is 28.0 Å². The quantitative estimate of drug-likeness (QED) is 0.284. The van der Waals surface area contributed by atoms with Gasteiger partial charge in [0.15, 0.2) is 0 Å². The Kier molecular flexibility index (Phi) is 4.95. The maximum absolute atomic E-state index is 12.8. The fourth-order valence-electron chi connectivity index (χ4n) is 3.85. The Bertz CT molecular complexity index is 1430. The van der Waals surface area contributed by atoms with E-state index in [0.29, 0.717) is 22.4 Å². The summed E-state index contributed by atoms with van der Waals surface area (Å²) in [5, 5.41) is 6.93. The van der Waals surface area contributed by atoms with Crippen molar-refractivity contribution >= 4 is 57.0 Å². The Hall–Kier alpha value is -3.97. The van der Waals surface area contributed by atoms with Gasteiger partial charge in [-0.25, -0.2) is 10.4 Å². The van der Waals surface area contributed by atoms with Gasteiger partial charge in [-0.2, -0.15) is 5.10 Å². The largest absolute Gasteiger partial charge is 0.497 e. The molecule has 0 aliphatic carbocycles.